The summed E-state index contributed by atoms with van der Waals surface area (Å²) in [5.41, 5.74) is 4.11. The Morgan fingerprint density at radius 1 is 1.21 bits per heavy atom. The number of aromatic nitrogens is 2. The molecule has 0 saturated carbocycles. The maximum Gasteiger partial charge on any atom is 0.256 e. The van der Waals surface area contributed by atoms with Gasteiger partial charge in [-0.3, -0.25) is 9.59 Å². The predicted molar refractivity (Wildman–Crippen MR) is 126 cm³/mol. The van der Waals surface area contributed by atoms with Gasteiger partial charge in [0.15, 0.2) is 0 Å². The number of carbonyl (C=O) groups is 2. The number of carbonyl (C=O) groups excluding carboxylic acids is 2. The minimum absolute atomic E-state index is 0.192. The molecule has 0 aliphatic carbocycles. The SMILES string of the molecule is Cn1cncc1CNC(=O)c1cccc(-c2ccc(/C=C3/C(=O)Nc4ccc(Cl)cc43)o2)c1. The normalized spacial score (nSPS) is 13.8. The van der Waals surface area contributed by atoms with Crippen molar-refractivity contribution in [3.63, 3.8) is 0 Å². The first-order valence-electron chi connectivity index (χ1n) is 10.2. The molecule has 0 spiro atoms. The molecule has 2 aromatic heterocycles. The fourth-order valence-electron chi connectivity index (χ4n) is 3.67. The second-order valence-corrected chi connectivity index (χ2v) is 8.10. The third-order valence-corrected chi connectivity index (χ3v) is 5.67. The average Bonchev–Trinajstić information content (AvgIpc) is 3.52. The summed E-state index contributed by atoms with van der Waals surface area (Å²) in [4.78, 5) is 29.1. The predicted octanol–water partition coefficient (Wildman–Crippen LogP) is 4.76. The van der Waals surface area contributed by atoms with Gasteiger partial charge in [0.2, 0.25) is 0 Å². The van der Waals surface area contributed by atoms with Gasteiger partial charge >= 0.3 is 0 Å². The lowest BCUT2D eigenvalue weighted by molar-refractivity contribution is -0.110. The second-order valence-electron chi connectivity index (χ2n) is 7.66. The first-order valence-corrected chi connectivity index (χ1v) is 10.6. The Labute approximate surface area is 194 Å². The van der Waals surface area contributed by atoms with E-state index in [0.29, 0.717) is 39.9 Å². The highest BCUT2D eigenvalue weighted by atomic mass is 35.5. The minimum atomic E-state index is -0.211. The Morgan fingerprint density at radius 3 is 2.91 bits per heavy atom. The summed E-state index contributed by atoms with van der Waals surface area (Å²) >= 11 is 6.10. The number of nitrogens with one attached hydrogen (secondary N) is 2. The molecular formula is C25H19ClN4O3. The maximum atomic E-state index is 12.6. The molecule has 2 aromatic carbocycles. The quantitative estimate of drug-likeness (QED) is 0.422. The van der Waals surface area contributed by atoms with E-state index < -0.39 is 0 Å². The Kier molecular flexibility index (Phi) is 5.32. The molecule has 0 unspecified atom stereocenters. The van der Waals surface area contributed by atoms with Crippen molar-refractivity contribution in [2.45, 2.75) is 6.54 Å². The van der Waals surface area contributed by atoms with Crippen LogP contribution in [-0.4, -0.2) is 21.4 Å². The second kappa shape index (κ2) is 8.44. The summed E-state index contributed by atoms with van der Waals surface area (Å²) in [5.74, 6) is 0.710. The number of hydrogen-bond donors (Lipinski definition) is 2. The molecule has 8 heteroatoms. The number of furan rings is 1. The van der Waals surface area contributed by atoms with E-state index in [4.69, 9.17) is 16.0 Å². The third kappa shape index (κ3) is 4.18. The standard InChI is InChI=1S/C25H19ClN4O3/c1-30-14-27-12-18(30)13-28-24(31)16-4-2-3-15(9-16)23-8-6-19(33-23)11-21-20-10-17(26)5-7-22(20)29-25(21)32/h2-12,14H,13H2,1H3,(H,28,31)(H,29,32)/b21-11+. The van der Waals surface area contributed by atoms with Gasteiger partial charge in [0.05, 0.1) is 24.1 Å². The number of nitrogens with zero attached hydrogens (tertiary/aromatic N) is 2. The van der Waals surface area contributed by atoms with Crippen LogP contribution < -0.4 is 10.6 Å². The Hall–Kier alpha value is -4.10. The number of benzene rings is 2. The highest BCUT2D eigenvalue weighted by Crippen LogP contribution is 2.35. The summed E-state index contributed by atoms with van der Waals surface area (Å²) in [6.07, 6.45) is 5.09. The van der Waals surface area contributed by atoms with Crippen LogP contribution in [0.25, 0.3) is 23.0 Å². The molecular weight excluding hydrogens is 440 g/mol. The van der Waals surface area contributed by atoms with Gasteiger partial charge < -0.3 is 19.6 Å². The first-order chi connectivity index (χ1) is 16.0. The van der Waals surface area contributed by atoms with Crippen LogP contribution in [-0.2, 0) is 18.4 Å². The van der Waals surface area contributed by atoms with Gasteiger partial charge in [-0.25, -0.2) is 4.98 Å². The molecule has 0 saturated heterocycles. The molecule has 2 amide bonds. The van der Waals surface area contributed by atoms with Gasteiger partial charge in [0, 0.05) is 40.6 Å². The molecule has 33 heavy (non-hydrogen) atoms. The molecule has 5 rings (SSSR count). The highest BCUT2D eigenvalue weighted by Gasteiger charge is 2.24. The zero-order valence-electron chi connectivity index (χ0n) is 17.6. The largest absolute Gasteiger partial charge is 0.457 e. The minimum Gasteiger partial charge on any atom is -0.457 e. The zero-order valence-corrected chi connectivity index (χ0v) is 18.4. The molecule has 1 aliphatic rings. The number of rotatable bonds is 5. The van der Waals surface area contributed by atoms with E-state index in [1.807, 2.05) is 23.7 Å². The Morgan fingerprint density at radius 2 is 2.09 bits per heavy atom. The summed E-state index contributed by atoms with van der Waals surface area (Å²) < 4.78 is 7.82. The number of halogens is 1. The smallest absolute Gasteiger partial charge is 0.256 e. The van der Waals surface area contributed by atoms with Gasteiger partial charge in [-0.05, 0) is 48.5 Å². The molecule has 1 aliphatic heterocycles. The third-order valence-electron chi connectivity index (χ3n) is 5.43. The van der Waals surface area contributed by atoms with Crippen molar-refractivity contribution in [3.05, 3.63) is 94.7 Å². The van der Waals surface area contributed by atoms with Gasteiger partial charge in [0.25, 0.3) is 11.8 Å². The molecule has 0 bridgehead atoms. The summed E-state index contributed by atoms with van der Waals surface area (Å²) in [6, 6.07) is 16.0. The van der Waals surface area contributed by atoms with Crippen LogP contribution in [0.4, 0.5) is 5.69 Å². The van der Waals surface area contributed by atoms with Crippen LogP contribution in [0.2, 0.25) is 5.02 Å². The van der Waals surface area contributed by atoms with E-state index in [0.717, 1.165) is 16.8 Å². The molecule has 7 nitrogen and oxygen atoms in total. The van der Waals surface area contributed by atoms with E-state index in [-0.39, 0.29) is 11.8 Å². The highest BCUT2D eigenvalue weighted by molar-refractivity contribution is 6.36. The molecule has 2 N–H and O–H groups in total. The number of amides is 2. The number of anilines is 1. The zero-order chi connectivity index (χ0) is 22.9. The molecule has 164 valence electrons. The molecule has 0 atom stereocenters. The lowest BCUT2D eigenvalue weighted by atomic mass is 10.1. The van der Waals surface area contributed by atoms with Crippen LogP contribution >= 0.6 is 11.6 Å². The number of hydrogen-bond acceptors (Lipinski definition) is 4. The Balaban J connectivity index is 1.36. The average molecular weight is 459 g/mol. The number of aryl methyl sites for hydroxylation is 1. The fraction of sp³-hybridized carbons (Fsp3) is 0.0800. The summed E-state index contributed by atoms with van der Waals surface area (Å²) in [5, 5.41) is 6.27. The van der Waals surface area contributed by atoms with E-state index >= 15 is 0 Å². The van der Waals surface area contributed by atoms with Crippen molar-refractivity contribution in [3.8, 4) is 11.3 Å². The van der Waals surface area contributed by atoms with Crippen molar-refractivity contribution >= 4 is 40.8 Å². The van der Waals surface area contributed by atoms with Crippen LogP contribution in [0.1, 0.15) is 27.4 Å². The molecule has 0 radical (unpaired) electrons. The van der Waals surface area contributed by atoms with Gasteiger partial charge in [-0.15, -0.1) is 0 Å². The van der Waals surface area contributed by atoms with Crippen molar-refractivity contribution in [2.24, 2.45) is 7.05 Å². The van der Waals surface area contributed by atoms with Crippen molar-refractivity contribution in [2.75, 3.05) is 5.32 Å². The van der Waals surface area contributed by atoms with Crippen molar-refractivity contribution in [1.29, 1.82) is 0 Å². The summed E-state index contributed by atoms with van der Waals surface area (Å²) in [6.45, 7) is 0.381. The molecule has 3 heterocycles. The summed E-state index contributed by atoms with van der Waals surface area (Å²) in [7, 11) is 1.88. The van der Waals surface area contributed by atoms with Crippen molar-refractivity contribution < 1.29 is 14.0 Å². The lowest BCUT2D eigenvalue weighted by Crippen LogP contribution is -2.23. The monoisotopic (exact) mass is 458 g/mol. The van der Waals surface area contributed by atoms with Gasteiger partial charge in [-0.1, -0.05) is 23.7 Å². The van der Waals surface area contributed by atoms with Crippen LogP contribution in [0.3, 0.4) is 0 Å². The molecule has 4 aromatic rings. The van der Waals surface area contributed by atoms with Crippen LogP contribution in [0, 0.1) is 0 Å². The molecule has 0 fully saturated rings. The van der Waals surface area contributed by atoms with E-state index in [2.05, 4.69) is 15.6 Å². The maximum absolute atomic E-state index is 12.6. The van der Waals surface area contributed by atoms with Crippen LogP contribution in [0.5, 0.6) is 0 Å². The lowest BCUT2D eigenvalue weighted by Gasteiger charge is -2.07. The topological polar surface area (TPSA) is 89.2 Å². The van der Waals surface area contributed by atoms with Crippen LogP contribution in [0.15, 0.2) is 71.5 Å². The van der Waals surface area contributed by atoms with Gasteiger partial charge in [-0.2, -0.15) is 0 Å². The first kappa shape index (κ1) is 20.8. The fourth-order valence-corrected chi connectivity index (χ4v) is 3.85. The van der Waals surface area contributed by atoms with E-state index in [1.54, 1.807) is 61.1 Å². The number of fused-ring (bicyclic) bond motifs is 1. The van der Waals surface area contributed by atoms with E-state index in [9.17, 15) is 9.59 Å². The Bertz CT molecular complexity index is 1420. The van der Waals surface area contributed by atoms with E-state index in [1.165, 1.54) is 0 Å². The van der Waals surface area contributed by atoms with Gasteiger partial charge in [0.1, 0.15) is 11.5 Å². The number of imidazole rings is 1. The van der Waals surface area contributed by atoms with Crippen molar-refractivity contribution in [1.82, 2.24) is 14.9 Å².